The summed E-state index contributed by atoms with van der Waals surface area (Å²) in [6, 6.07) is 16.5. The van der Waals surface area contributed by atoms with Crippen molar-refractivity contribution in [2.75, 3.05) is 10.6 Å². The second-order valence-electron chi connectivity index (χ2n) is 12.1. The van der Waals surface area contributed by atoms with Crippen LogP contribution in [0.1, 0.15) is 30.0 Å². The molecular weight excluding hydrogens is 634 g/mol. The van der Waals surface area contributed by atoms with Gasteiger partial charge in [-0.2, -0.15) is 0 Å². The van der Waals surface area contributed by atoms with Gasteiger partial charge in [-0.05, 0) is 74.7 Å². The molecule has 7 rings (SSSR count). The molecule has 1 aliphatic carbocycles. The van der Waals surface area contributed by atoms with Gasteiger partial charge in [0.15, 0.2) is 0 Å². The number of anilines is 3. The summed E-state index contributed by atoms with van der Waals surface area (Å²) in [7, 11) is 1.48. The number of rotatable bonds is 8. The zero-order chi connectivity index (χ0) is 34.6. The maximum atomic E-state index is 15.0. The predicted molar refractivity (Wildman–Crippen MR) is 181 cm³/mol. The molecule has 0 radical (unpaired) electrons. The fraction of sp³-hybridized carbons (Fsp3) is 0.200. The number of aromatic nitrogens is 6. The molecule has 1 fully saturated rings. The van der Waals surface area contributed by atoms with Crippen molar-refractivity contribution >= 4 is 34.0 Å². The van der Waals surface area contributed by atoms with Crippen molar-refractivity contribution in [3.8, 4) is 16.9 Å². The maximum Gasteiger partial charge on any atom is 0.336 e. The first-order valence-corrected chi connectivity index (χ1v) is 15.5. The molecule has 3 aromatic heterocycles. The van der Waals surface area contributed by atoms with E-state index >= 15 is 4.39 Å². The highest BCUT2D eigenvalue weighted by Crippen LogP contribution is 2.34. The van der Waals surface area contributed by atoms with E-state index in [0.29, 0.717) is 41.0 Å². The lowest BCUT2D eigenvalue weighted by molar-refractivity contribution is -0.116. The molecule has 0 unspecified atom stereocenters. The Kier molecular flexibility index (Phi) is 7.77. The van der Waals surface area contributed by atoms with Gasteiger partial charge in [0.2, 0.25) is 5.91 Å². The summed E-state index contributed by atoms with van der Waals surface area (Å²) in [4.78, 5) is 54.8. The first kappa shape index (κ1) is 31.4. The van der Waals surface area contributed by atoms with Gasteiger partial charge in [-0.15, -0.1) is 5.10 Å². The molecule has 1 aliphatic rings. The van der Waals surface area contributed by atoms with Gasteiger partial charge in [0, 0.05) is 29.9 Å². The van der Waals surface area contributed by atoms with Gasteiger partial charge in [0.25, 0.3) is 11.1 Å². The van der Waals surface area contributed by atoms with Crippen LogP contribution in [0.15, 0.2) is 87.3 Å². The number of halogens is 2. The summed E-state index contributed by atoms with van der Waals surface area (Å²) in [6.07, 6.45) is 2.77. The zero-order valence-electron chi connectivity index (χ0n) is 26.7. The lowest BCUT2D eigenvalue weighted by Gasteiger charge is -2.21. The normalized spacial score (nSPS) is 12.8. The number of hydrogen-bond donors (Lipinski definition) is 2. The highest BCUT2D eigenvalue weighted by atomic mass is 19.1. The minimum Gasteiger partial charge on any atom is -0.338 e. The van der Waals surface area contributed by atoms with Crippen LogP contribution >= 0.6 is 0 Å². The van der Waals surface area contributed by atoms with E-state index in [1.165, 1.54) is 62.8 Å². The second-order valence-corrected chi connectivity index (χ2v) is 12.1. The summed E-state index contributed by atoms with van der Waals surface area (Å²) in [5.41, 5.74) is 0.762. The molecular formula is C35H30F2N8O4. The largest absolute Gasteiger partial charge is 0.338 e. The van der Waals surface area contributed by atoms with E-state index in [9.17, 15) is 23.6 Å². The van der Waals surface area contributed by atoms with Crippen LogP contribution in [0.25, 0.3) is 27.8 Å². The number of aryl methyl sites for hydroxylation is 2. The highest BCUT2D eigenvalue weighted by molar-refractivity contribution is 5.94. The van der Waals surface area contributed by atoms with Crippen molar-refractivity contribution in [3.05, 3.63) is 127 Å². The molecule has 0 aliphatic heterocycles. The summed E-state index contributed by atoms with van der Waals surface area (Å²) >= 11 is 0. The fourth-order valence-electron chi connectivity index (χ4n) is 5.93. The summed E-state index contributed by atoms with van der Waals surface area (Å²) < 4.78 is 33.7. The number of hydrogen-bond acceptors (Lipinski definition) is 7. The summed E-state index contributed by atoms with van der Waals surface area (Å²) in [5.74, 6) is -1.41. The fourth-order valence-corrected chi connectivity index (χ4v) is 5.93. The zero-order valence-corrected chi connectivity index (χ0v) is 26.7. The Morgan fingerprint density at radius 2 is 1.73 bits per heavy atom. The van der Waals surface area contributed by atoms with Crippen molar-refractivity contribution in [2.24, 2.45) is 7.05 Å². The highest BCUT2D eigenvalue weighted by Gasteiger charge is 2.31. The molecule has 14 heteroatoms. The molecule has 3 heterocycles. The minimum atomic E-state index is -0.639. The first-order chi connectivity index (χ1) is 23.5. The standard InChI is InChI=1S/C35H30F2N8O4/c1-19-10-13-27(26(37)14-19)39-32-30-31(20(2)33(47)42(32)3)44(35(49)45(34(30)48)24-11-12-24)25-9-5-8-23(16-25)38-29(46)18-43-17-28(40-41-43)21-6-4-7-22(36)15-21/h4-10,13-17,24,39H,11-12,18H2,1-3H3,(H,38,46). The number of benzene rings is 3. The number of amides is 1. The molecule has 1 amide bonds. The summed E-state index contributed by atoms with van der Waals surface area (Å²) in [6.45, 7) is 3.06. The molecule has 0 spiro atoms. The Morgan fingerprint density at radius 1 is 0.959 bits per heavy atom. The van der Waals surface area contributed by atoms with Gasteiger partial charge in [0.05, 0.1) is 23.1 Å². The summed E-state index contributed by atoms with van der Waals surface area (Å²) in [5, 5.41) is 13.8. The number of pyridine rings is 1. The number of nitrogens with one attached hydrogen (secondary N) is 2. The third kappa shape index (κ3) is 5.81. The van der Waals surface area contributed by atoms with Crippen molar-refractivity contribution < 1.29 is 13.6 Å². The van der Waals surface area contributed by atoms with Crippen LogP contribution < -0.4 is 27.4 Å². The lowest BCUT2D eigenvalue weighted by Crippen LogP contribution is -2.41. The van der Waals surface area contributed by atoms with E-state index in [1.807, 2.05) is 0 Å². The maximum absolute atomic E-state index is 15.0. The molecule has 6 aromatic rings. The van der Waals surface area contributed by atoms with Gasteiger partial charge >= 0.3 is 5.69 Å². The van der Waals surface area contributed by atoms with E-state index in [2.05, 4.69) is 20.9 Å². The lowest BCUT2D eigenvalue weighted by atomic mass is 10.1. The minimum absolute atomic E-state index is 0.0383. The number of carbonyl (C=O) groups excluding carboxylic acids is 1. The number of nitrogens with zero attached hydrogens (tertiary/aromatic N) is 6. The van der Waals surface area contributed by atoms with Crippen LogP contribution in [0, 0.1) is 25.5 Å². The Balaban J connectivity index is 1.30. The smallest absolute Gasteiger partial charge is 0.336 e. The van der Waals surface area contributed by atoms with Gasteiger partial charge < -0.3 is 10.6 Å². The van der Waals surface area contributed by atoms with Crippen LogP contribution in [0.2, 0.25) is 0 Å². The van der Waals surface area contributed by atoms with Crippen LogP contribution in [0.3, 0.4) is 0 Å². The van der Waals surface area contributed by atoms with E-state index in [-0.39, 0.29) is 40.6 Å². The molecule has 248 valence electrons. The average molecular weight is 665 g/mol. The van der Waals surface area contributed by atoms with Crippen molar-refractivity contribution in [1.82, 2.24) is 28.7 Å². The van der Waals surface area contributed by atoms with Gasteiger partial charge in [-0.1, -0.05) is 29.5 Å². The van der Waals surface area contributed by atoms with E-state index in [4.69, 9.17) is 0 Å². The number of fused-ring (bicyclic) bond motifs is 1. The SMILES string of the molecule is Cc1ccc(Nc2c3c(=O)n(C4CC4)c(=O)n(-c4cccc(NC(=O)Cn5cc(-c6cccc(F)c6)nn5)c4)c3c(C)c(=O)n2C)c(F)c1. The van der Waals surface area contributed by atoms with Gasteiger partial charge in [0.1, 0.15) is 35.1 Å². The van der Waals surface area contributed by atoms with Gasteiger partial charge in [-0.3, -0.25) is 28.1 Å². The average Bonchev–Trinajstić information content (AvgIpc) is 3.79. The third-order valence-corrected chi connectivity index (χ3v) is 8.49. The molecule has 1 saturated carbocycles. The Morgan fingerprint density at radius 3 is 2.47 bits per heavy atom. The Labute approximate surface area is 276 Å². The van der Waals surface area contributed by atoms with Crippen LogP contribution in [0.5, 0.6) is 0 Å². The Bertz CT molecular complexity index is 2490. The molecule has 3 aromatic carbocycles. The molecule has 49 heavy (non-hydrogen) atoms. The second kappa shape index (κ2) is 12.1. The first-order valence-electron chi connectivity index (χ1n) is 15.5. The topological polar surface area (TPSA) is 138 Å². The van der Waals surface area contributed by atoms with Crippen molar-refractivity contribution in [3.63, 3.8) is 0 Å². The van der Waals surface area contributed by atoms with Crippen LogP contribution in [-0.2, 0) is 18.4 Å². The Hall–Kier alpha value is -6.18. The van der Waals surface area contributed by atoms with Gasteiger partial charge in [-0.25, -0.2) is 18.3 Å². The quantitative estimate of drug-likeness (QED) is 0.240. The third-order valence-electron chi connectivity index (χ3n) is 8.49. The van der Waals surface area contributed by atoms with Crippen LogP contribution in [0.4, 0.5) is 26.0 Å². The molecule has 12 nitrogen and oxygen atoms in total. The van der Waals surface area contributed by atoms with Crippen LogP contribution in [-0.4, -0.2) is 34.6 Å². The van der Waals surface area contributed by atoms with E-state index < -0.39 is 34.3 Å². The van der Waals surface area contributed by atoms with E-state index in [0.717, 1.165) is 0 Å². The van der Waals surface area contributed by atoms with Crippen molar-refractivity contribution in [1.29, 1.82) is 0 Å². The van der Waals surface area contributed by atoms with Crippen molar-refractivity contribution in [2.45, 2.75) is 39.3 Å². The van der Waals surface area contributed by atoms with E-state index in [1.54, 1.807) is 49.4 Å². The monoisotopic (exact) mass is 664 g/mol. The molecule has 0 bridgehead atoms. The number of carbonyl (C=O) groups is 1. The predicted octanol–water partition coefficient (Wildman–Crippen LogP) is 4.72. The molecule has 0 saturated heterocycles. The molecule has 2 N–H and O–H groups in total. The molecule has 0 atom stereocenters.